The van der Waals surface area contributed by atoms with Crippen LogP contribution in [0.15, 0.2) is 27.1 Å². The highest BCUT2D eigenvalue weighted by Crippen LogP contribution is 2.21. The van der Waals surface area contributed by atoms with Crippen LogP contribution in [0, 0.1) is 0 Å². The Bertz CT molecular complexity index is 508. The van der Waals surface area contributed by atoms with E-state index in [-0.39, 0.29) is 18.4 Å². The molecular formula is C11H7Br2NO4. The molecule has 2 amide bonds. The van der Waals surface area contributed by atoms with E-state index in [9.17, 15) is 14.4 Å². The molecule has 1 aliphatic heterocycles. The SMILES string of the molecule is O=C(ON1C(=O)CCC1=O)c1cc(Br)cc(Br)c1. The molecule has 0 atom stereocenters. The van der Waals surface area contributed by atoms with E-state index in [1.165, 1.54) is 12.1 Å². The average Bonchev–Trinajstić information content (AvgIpc) is 2.59. The molecule has 5 nitrogen and oxygen atoms in total. The number of halogens is 2. The van der Waals surface area contributed by atoms with Crippen LogP contribution in [0.5, 0.6) is 0 Å². The maximum absolute atomic E-state index is 11.8. The van der Waals surface area contributed by atoms with Crippen molar-refractivity contribution in [1.82, 2.24) is 5.06 Å². The summed E-state index contributed by atoms with van der Waals surface area (Å²) in [6.45, 7) is 0. The number of nitrogens with zero attached hydrogens (tertiary/aromatic N) is 1. The summed E-state index contributed by atoms with van der Waals surface area (Å²) < 4.78 is 1.37. The zero-order valence-corrected chi connectivity index (χ0v) is 12.2. The van der Waals surface area contributed by atoms with E-state index in [0.29, 0.717) is 14.0 Å². The smallest absolute Gasteiger partial charge is 0.325 e. The minimum absolute atomic E-state index is 0.0777. The van der Waals surface area contributed by atoms with Gasteiger partial charge in [0, 0.05) is 21.8 Å². The molecule has 0 spiro atoms. The molecule has 1 aliphatic rings. The number of hydroxylamine groups is 2. The van der Waals surface area contributed by atoms with Crippen molar-refractivity contribution in [1.29, 1.82) is 0 Å². The molecule has 0 saturated carbocycles. The van der Waals surface area contributed by atoms with Crippen LogP contribution >= 0.6 is 31.9 Å². The quantitative estimate of drug-likeness (QED) is 0.743. The van der Waals surface area contributed by atoms with Crippen LogP contribution < -0.4 is 0 Å². The van der Waals surface area contributed by atoms with Gasteiger partial charge in [-0.2, -0.15) is 0 Å². The molecular weight excluding hydrogens is 370 g/mol. The van der Waals surface area contributed by atoms with Crippen molar-refractivity contribution in [3.63, 3.8) is 0 Å². The van der Waals surface area contributed by atoms with E-state index in [1.54, 1.807) is 6.07 Å². The molecule has 0 unspecified atom stereocenters. The van der Waals surface area contributed by atoms with Gasteiger partial charge in [-0.15, -0.1) is 5.06 Å². The summed E-state index contributed by atoms with van der Waals surface area (Å²) in [7, 11) is 0. The predicted octanol–water partition coefficient (Wildman–Crippen LogP) is 2.43. The fourth-order valence-corrected chi connectivity index (χ4v) is 2.76. The Morgan fingerprint density at radius 2 is 1.56 bits per heavy atom. The summed E-state index contributed by atoms with van der Waals surface area (Å²) in [4.78, 5) is 39.2. The summed E-state index contributed by atoms with van der Waals surface area (Å²) >= 11 is 6.46. The molecule has 94 valence electrons. The van der Waals surface area contributed by atoms with Crippen molar-refractivity contribution in [3.8, 4) is 0 Å². The van der Waals surface area contributed by atoms with Crippen molar-refractivity contribution < 1.29 is 19.2 Å². The van der Waals surface area contributed by atoms with Crippen molar-refractivity contribution in [2.24, 2.45) is 0 Å². The van der Waals surface area contributed by atoms with Gasteiger partial charge >= 0.3 is 5.97 Å². The van der Waals surface area contributed by atoms with Gasteiger partial charge in [-0.1, -0.05) is 31.9 Å². The molecule has 18 heavy (non-hydrogen) atoms. The number of carbonyl (C=O) groups is 3. The molecule has 1 saturated heterocycles. The first-order valence-electron chi connectivity index (χ1n) is 5.01. The van der Waals surface area contributed by atoms with Crippen LogP contribution in [0.4, 0.5) is 0 Å². The van der Waals surface area contributed by atoms with Gasteiger partial charge in [0.15, 0.2) is 0 Å². The third-order valence-corrected chi connectivity index (χ3v) is 3.19. The van der Waals surface area contributed by atoms with Gasteiger partial charge in [0.1, 0.15) is 0 Å². The minimum Gasteiger partial charge on any atom is -0.325 e. The lowest BCUT2D eigenvalue weighted by atomic mass is 10.2. The topological polar surface area (TPSA) is 63.7 Å². The highest BCUT2D eigenvalue weighted by Gasteiger charge is 2.33. The highest BCUT2D eigenvalue weighted by molar-refractivity contribution is 9.11. The number of carbonyl (C=O) groups excluding carboxylic acids is 3. The molecule has 0 N–H and O–H groups in total. The van der Waals surface area contributed by atoms with Crippen LogP contribution in [0.2, 0.25) is 0 Å². The standard InChI is InChI=1S/C11H7Br2NO4/c12-7-3-6(4-8(13)5-7)11(17)18-14-9(15)1-2-10(14)16/h3-5H,1-2H2. The molecule has 1 fully saturated rings. The lowest BCUT2D eigenvalue weighted by Gasteiger charge is -2.12. The Morgan fingerprint density at radius 1 is 1.06 bits per heavy atom. The first-order valence-corrected chi connectivity index (χ1v) is 6.60. The Labute approximate surface area is 119 Å². The first-order chi connectivity index (χ1) is 8.47. The van der Waals surface area contributed by atoms with E-state index in [2.05, 4.69) is 31.9 Å². The Hall–Kier alpha value is -1.21. The first kappa shape index (κ1) is 13.2. The Balaban J connectivity index is 2.17. The third kappa shape index (κ3) is 2.78. The minimum atomic E-state index is -0.749. The van der Waals surface area contributed by atoms with E-state index in [1.807, 2.05) is 0 Å². The van der Waals surface area contributed by atoms with Gasteiger partial charge in [-0.25, -0.2) is 4.79 Å². The van der Waals surface area contributed by atoms with Crippen LogP contribution in [-0.2, 0) is 14.4 Å². The third-order valence-electron chi connectivity index (χ3n) is 2.28. The second-order valence-corrected chi connectivity index (χ2v) is 5.45. The summed E-state index contributed by atoms with van der Waals surface area (Å²) in [5, 5.41) is 0.525. The van der Waals surface area contributed by atoms with E-state index in [0.717, 1.165) is 0 Å². The molecule has 0 radical (unpaired) electrons. The monoisotopic (exact) mass is 375 g/mol. The van der Waals surface area contributed by atoms with Crippen molar-refractivity contribution in [2.45, 2.75) is 12.8 Å². The lowest BCUT2D eigenvalue weighted by molar-refractivity contribution is -0.172. The Morgan fingerprint density at radius 3 is 2.06 bits per heavy atom. The number of hydrogen-bond donors (Lipinski definition) is 0. The van der Waals surface area contributed by atoms with Gasteiger partial charge in [-0.05, 0) is 18.2 Å². The van der Waals surface area contributed by atoms with Crippen LogP contribution in [0.25, 0.3) is 0 Å². The second-order valence-electron chi connectivity index (χ2n) is 3.62. The van der Waals surface area contributed by atoms with Crippen molar-refractivity contribution >= 4 is 49.6 Å². The van der Waals surface area contributed by atoms with E-state index in [4.69, 9.17) is 4.84 Å². The predicted molar refractivity (Wildman–Crippen MR) is 68.3 cm³/mol. The molecule has 0 bridgehead atoms. The fraction of sp³-hybridized carbons (Fsp3) is 0.182. The molecule has 1 aromatic carbocycles. The fourth-order valence-electron chi connectivity index (χ4n) is 1.47. The van der Waals surface area contributed by atoms with Crippen LogP contribution in [-0.4, -0.2) is 22.8 Å². The number of hydrogen-bond acceptors (Lipinski definition) is 4. The zero-order chi connectivity index (χ0) is 13.3. The number of rotatable bonds is 2. The second kappa shape index (κ2) is 5.19. The summed E-state index contributed by atoms with van der Waals surface area (Å²) in [5.41, 5.74) is 0.240. The zero-order valence-electron chi connectivity index (χ0n) is 8.98. The summed E-state index contributed by atoms with van der Waals surface area (Å²) in [6, 6.07) is 4.83. The molecule has 7 heteroatoms. The van der Waals surface area contributed by atoms with Crippen LogP contribution in [0.3, 0.4) is 0 Å². The molecule has 1 heterocycles. The summed E-state index contributed by atoms with van der Waals surface area (Å²) in [6.07, 6.45) is 0.155. The largest absolute Gasteiger partial charge is 0.363 e. The van der Waals surface area contributed by atoms with E-state index >= 15 is 0 Å². The number of imide groups is 1. The Kier molecular flexibility index (Phi) is 3.82. The summed E-state index contributed by atoms with van der Waals surface area (Å²) in [5.74, 6) is -1.74. The average molecular weight is 377 g/mol. The van der Waals surface area contributed by atoms with Crippen LogP contribution in [0.1, 0.15) is 23.2 Å². The number of amides is 2. The van der Waals surface area contributed by atoms with Gasteiger partial charge in [0.25, 0.3) is 11.8 Å². The van der Waals surface area contributed by atoms with Crippen molar-refractivity contribution in [2.75, 3.05) is 0 Å². The van der Waals surface area contributed by atoms with Gasteiger partial charge in [0.2, 0.25) is 0 Å². The maximum Gasteiger partial charge on any atom is 0.363 e. The van der Waals surface area contributed by atoms with Gasteiger partial charge in [-0.3, -0.25) is 9.59 Å². The normalized spacial score (nSPS) is 15.1. The lowest BCUT2D eigenvalue weighted by Crippen LogP contribution is -2.32. The van der Waals surface area contributed by atoms with Gasteiger partial charge in [0.05, 0.1) is 5.56 Å². The maximum atomic E-state index is 11.8. The van der Waals surface area contributed by atoms with Crippen molar-refractivity contribution in [3.05, 3.63) is 32.7 Å². The molecule has 1 aromatic rings. The van der Waals surface area contributed by atoms with Gasteiger partial charge < -0.3 is 4.84 Å². The number of benzene rings is 1. The molecule has 2 rings (SSSR count). The molecule has 0 aliphatic carbocycles. The molecule has 0 aromatic heterocycles. The highest BCUT2D eigenvalue weighted by atomic mass is 79.9. The van der Waals surface area contributed by atoms with E-state index < -0.39 is 17.8 Å².